The molecule has 0 amide bonds. The summed E-state index contributed by atoms with van der Waals surface area (Å²) in [5.74, 6) is 0. The zero-order chi connectivity index (χ0) is 10.7. The van der Waals surface area contributed by atoms with E-state index in [1.165, 1.54) is 37.2 Å². The fraction of sp³-hybridized carbons (Fsp3) is 0.636. The van der Waals surface area contributed by atoms with Crippen LogP contribution < -0.4 is 5.73 Å². The molecule has 1 aliphatic heterocycles. The number of nitrogens with zero attached hydrogens (tertiary/aromatic N) is 1. The van der Waals surface area contributed by atoms with Crippen molar-refractivity contribution in [3.05, 3.63) is 21.3 Å². The highest BCUT2D eigenvalue weighted by molar-refractivity contribution is 7.16. The fourth-order valence-electron chi connectivity index (χ4n) is 2.04. The van der Waals surface area contributed by atoms with Gasteiger partial charge in [0.1, 0.15) is 0 Å². The summed E-state index contributed by atoms with van der Waals surface area (Å²) in [4.78, 5) is 3.66. The molecular weight excluding hydrogens is 228 g/mol. The molecule has 1 aliphatic rings. The van der Waals surface area contributed by atoms with Crippen molar-refractivity contribution in [2.45, 2.75) is 25.3 Å². The first-order valence-corrected chi connectivity index (χ1v) is 6.68. The van der Waals surface area contributed by atoms with Crippen molar-refractivity contribution in [1.29, 1.82) is 0 Å². The zero-order valence-electron chi connectivity index (χ0n) is 8.79. The number of likely N-dealkylation sites (tertiary alicyclic amines) is 1. The van der Waals surface area contributed by atoms with Crippen LogP contribution in [0.15, 0.2) is 12.1 Å². The van der Waals surface area contributed by atoms with Gasteiger partial charge < -0.3 is 10.6 Å². The zero-order valence-corrected chi connectivity index (χ0v) is 10.4. The summed E-state index contributed by atoms with van der Waals surface area (Å²) in [7, 11) is 0. The fourth-order valence-corrected chi connectivity index (χ4v) is 3.09. The van der Waals surface area contributed by atoms with E-state index in [1.54, 1.807) is 11.3 Å². The molecule has 1 aromatic heterocycles. The molecule has 2 rings (SSSR count). The van der Waals surface area contributed by atoms with Crippen molar-refractivity contribution >= 4 is 22.9 Å². The Hall–Kier alpha value is -0.0900. The van der Waals surface area contributed by atoms with E-state index in [2.05, 4.69) is 4.90 Å². The summed E-state index contributed by atoms with van der Waals surface area (Å²) in [5.41, 5.74) is 6.15. The third kappa shape index (κ3) is 3.18. The van der Waals surface area contributed by atoms with Crippen molar-refractivity contribution in [2.24, 2.45) is 5.73 Å². The predicted octanol–water partition coefficient (Wildman–Crippen LogP) is 2.89. The molecule has 0 saturated carbocycles. The van der Waals surface area contributed by atoms with Gasteiger partial charge in [-0.2, -0.15) is 0 Å². The smallest absolute Gasteiger partial charge is 0.0931 e. The molecule has 1 aromatic rings. The summed E-state index contributed by atoms with van der Waals surface area (Å²) in [5, 5.41) is 0. The highest BCUT2D eigenvalue weighted by atomic mass is 35.5. The van der Waals surface area contributed by atoms with Crippen LogP contribution in [-0.2, 0) is 0 Å². The highest BCUT2D eigenvalue weighted by Gasteiger charge is 2.15. The van der Waals surface area contributed by atoms with Crippen molar-refractivity contribution in [3.63, 3.8) is 0 Å². The summed E-state index contributed by atoms with van der Waals surface area (Å²) >= 11 is 7.49. The van der Waals surface area contributed by atoms with Crippen LogP contribution in [0, 0.1) is 0 Å². The summed E-state index contributed by atoms with van der Waals surface area (Å²) < 4.78 is 0.832. The van der Waals surface area contributed by atoms with Crippen LogP contribution in [0.5, 0.6) is 0 Å². The third-order valence-corrected chi connectivity index (χ3v) is 4.23. The Bertz CT molecular complexity index is 307. The molecule has 84 valence electrons. The molecule has 0 radical (unpaired) electrons. The largest absolute Gasteiger partial charge is 0.322 e. The van der Waals surface area contributed by atoms with E-state index in [-0.39, 0.29) is 6.04 Å². The maximum Gasteiger partial charge on any atom is 0.0931 e. The van der Waals surface area contributed by atoms with E-state index in [4.69, 9.17) is 17.3 Å². The van der Waals surface area contributed by atoms with E-state index in [1.807, 2.05) is 12.1 Å². The van der Waals surface area contributed by atoms with E-state index in [9.17, 15) is 0 Å². The van der Waals surface area contributed by atoms with E-state index in [0.29, 0.717) is 0 Å². The summed E-state index contributed by atoms with van der Waals surface area (Å²) in [6, 6.07) is 4.10. The molecule has 15 heavy (non-hydrogen) atoms. The Morgan fingerprint density at radius 2 is 2.07 bits per heavy atom. The molecule has 2 heterocycles. The van der Waals surface area contributed by atoms with Crippen LogP contribution >= 0.6 is 22.9 Å². The molecule has 0 bridgehead atoms. The van der Waals surface area contributed by atoms with Crippen LogP contribution in [0.25, 0.3) is 0 Å². The first-order valence-electron chi connectivity index (χ1n) is 5.49. The quantitative estimate of drug-likeness (QED) is 0.886. The van der Waals surface area contributed by atoms with Gasteiger partial charge in [-0.25, -0.2) is 0 Å². The lowest BCUT2D eigenvalue weighted by Crippen LogP contribution is -2.35. The van der Waals surface area contributed by atoms with Gasteiger partial charge in [-0.15, -0.1) is 11.3 Å². The molecular formula is C11H17ClN2S. The van der Waals surface area contributed by atoms with Crippen LogP contribution in [-0.4, -0.2) is 24.5 Å². The van der Waals surface area contributed by atoms with Gasteiger partial charge >= 0.3 is 0 Å². The Labute approximate surface area is 100 Å². The molecule has 1 atom stereocenters. The maximum atomic E-state index is 6.15. The number of hydrogen-bond acceptors (Lipinski definition) is 3. The van der Waals surface area contributed by atoms with Gasteiger partial charge in [-0.3, -0.25) is 0 Å². The number of thiophene rings is 1. The van der Waals surface area contributed by atoms with E-state index in [0.717, 1.165) is 10.9 Å². The average Bonchev–Trinajstić information content (AvgIpc) is 2.66. The molecule has 1 saturated heterocycles. The van der Waals surface area contributed by atoms with Gasteiger partial charge in [-0.05, 0) is 38.1 Å². The normalized spacial score (nSPS) is 20.4. The Kier molecular flexibility index (Phi) is 4.03. The molecule has 1 unspecified atom stereocenters. The van der Waals surface area contributed by atoms with Gasteiger partial charge in [0.05, 0.1) is 10.4 Å². The van der Waals surface area contributed by atoms with Crippen molar-refractivity contribution in [3.8, 4) is 0 Å². The van der Waals surface area contributed by atoms with E-state index >= 15 is 0 Å². The SMILES string of the molecule is NC(CN1CCCCC1)c1ccc(Cl)s1. The average molecular weight is 245 g/mol. The predicted molar refractivity (Wildman–Crippen MR) is 66.5 cm³/mol. The number of hydrogen-bond donors (Lipinski definition) is 1. The van der Waals surface area contributed by atoms with Crippen molar-refractivity contribution in [1.82, 2.24) is 4.90 Å². The topological polar surface area (TPSA) is 29.3 Å². The number of halogens is 1. The first kappa shape index (κ1) is 11.4. The molecule has 4 heteroatoms. The van der Waals surface area contributed by atoms with Gasteiger partial charge in [0.15, 0.2) is 0 Å². The standard InChI is InChI=1S/C11H17ClN2S/c12-11-5-4-10(15-11)9(13)8-14-6-2-1-3-7-14/h4-5,9H,1-3,6-8,13H2. The number of nitrogens with two attached hydrogens (primary N) is 1. The van der Waals surface area contributed by atoms with Crippen LogP contribution in [0.1, 0.15) is 30.2 Å². The Morgan fingerprint density at radius 1 is 1.33 bits per heavy atom. The van der Waals surface area contributed by atoms with Gasteiger partial charge in [0, 0.05) is 11.4 Å². The van der Waals surface area contributed by atoms with Crippen molar-refractivity contribution in [2.75, 3.05) is 19.6 Å². The molecule has 1 fully saturated rings. The monoisotopic (exact) mass is 244 g/mol. The Balaban J connectivity index is 1.88. The minimum atomic E-state index is 0.126. The van der Waals surface area contributed by atoms with Crippen LogP contribution in [0.2, 0.25) is 4.34 Å². The maximum absolute atomic E-state index is 6.15. The molecule has 0 aliphatic carbocycles. The second-order valence-electron chi connectivity index (χ2n) is 4.11. The minimum absolute atomic E-state index is 0.126. The molecule has 0 spiro atoms. The highest BCUT2D eigenvalue weighted by Crippen LogP contribution is 2.26. The van der Waals surface area contributed by atoms with Gasteiger partial charge in [0.2, 0.25) is 0 Å². The lowest BCUT2D eigenvalue weighted by atomic mass is 10.1. The van der Waals surface area contributed by atoms with Gasteiger partial charge in [-0.1, -0.05) is 18.0 Å². The van der Waals surface area contributed by atoms with Gasteiger partial charge in [0.25, 0.3) is 0 Å². The third-order valence-electron chi connectivity index (χ3n) is 2.86. The van der Waals surface area contributed by atoms with Crippen molar-refractivity contribution < 1.29 is 0 Å². The Morgan fingerprint density at radius 3 is 2.67 bits per heavy atom. The second kappa shape index (κ2) is 5.30. The summed E-state index contributed by atoms with van der Waals surface area (Å²) in [6.45, 7) is 3.37. The molecule has 2 nitrogen and oxygen atoms in total. The summed E-state index contributed by atoms with van der Waals surface area (Å²) in [6.07, 6.45) is 4.01. The van der Waals surface area contributed by atoms with Crippen LogP contribution in [0.3, 0.4) is 0 Å². The minimum Gasteiger partial charge on any atom is -0.322 e. The number of piperidine rings is 1. The lowest BCUT2D eigenvalue weighted by molar-refractivity contribution is 0.217. The molecule has 0 aromatic carbocycles. The van der Waals surface area contributed by atoms with E-state index < -0.39 is 0 Å². The molecule has 2 N–H and O–H groups in total. The lowest BCUT2D eigenvalue weighted by Gasteiger charge is -2.28. The van der Waals surface area contributed by atoms with Crippen LogP contribution in [0.4, 0.5) is 0 Å². The second-order valence-corrected chi connectivity index (χ2v) is 5.86. The first-order chi connectivity index (χ1) is 7.25. The number of rotatable bonds is 3.